The van der Waals surface area contributed by atoms with Gasteiger partial charge in [-0.15, -0.1) is 0 Å². The zero-order valence-electron chi connectivity index (χ0n) is 17.0. The Morgan fingerprint density at radius 2 is 1.96 bits per heavy atom. The molecule has 3 saturated carbocycles. The van der Waals surface area contributed by atoms with Gasteiger partial charge in [-0.2, -0.15) is 0 Å². The van der Waals surface area contributed by atoms with E-state index < -0.39 is 18.2 Å². The maximum absolute atomic E-state index is 11.3. The molecule has 152 valence electrons. The number of hydrogen-bond donors (Lipinski definition) is 3. The number of aliphatic hydroxyl groups is 2. The van der Waals surface area contributed by atoms with E-state index in [1.165, 1.54) is 12.0 Å². The van der Waals surface area contributed by atoms with Gasteiger partial charge in [0.15, 0.2) is 0 Å². The largest absolute Gasteiger partial charge is 0.481 e. The highest BCUT2D eigenvalue weighted by atomic mass is 16.4. The second-order valence-corrected chi connectivity index (χ2v) is 10.5. The van der Waals surface area contributed by atoms with Gasteiger partial charge in [-0.3, -0.25) is 4.79 Å². The third kappa shape index (κ3) is 2.81. The molecule has 2 unspecified atom stereocenters. The van der Waals surface area contributed by atoms with Crippen molar-refractivity contribution < 1.29 is 20.1 Å². The van der Waals surface area contributed by atoms with E-state index in [2.05, 4.69) is 26.8 Å². The summed E-state index contributed by atoms with van der Waals surface area (Å²) in [6.45, 7) is 6.80. The molecule has 4 aliphatic carbocycles. The quantitative estimate of drug-likeness (QED) is 0.651. The molecule has 4 heteroatoms. The van der Waals surface area contributed by atoms with Crippen LogP contribution in [0, 0.1) is 40.4 Å². The first-order valence-electron chi connectivity index (χ1n) is 10.9. The van der Waals surface area contributed by atoms with Crippen LogP contribution in [0.5, 0.6) is 0 Å². The molecule has 0 aromatic rings. The molecular weight excluding hydrogens is 340 g/mol. The van der Waals surface area contributed by atoms with E-state index in [9.17, 15) is 20.1 Å². The second-order valence-electron chi connectivity index (χ2n) is 10.5. The highest BCUT2D eigenvalue weighted by Gasteiger charge is 2.60. The third-order valence-electron chi connectivity index (χ3n) is 9.44. The van der Waals surface area contributed by atoms with Crippen molar-refractivity contribution >= 4 is 5.97 Å². The summed E-state index contributed by atoms with van der Waals surface area (Å²) in [5.41, 5.74) is 1.33. The topological polar surface area (TPSA) is 77.8 Å². The van der Waals surface area contributed by atoms with Crippen LogP contribution in [0.25, 0.3) is 0 Å². The molecule has 0 aromatic carbocycles. The summed E-state index contributed by atoms with van der Waals surface area (Å²) in [6.07, 6.45) is 8.65. The number of rotatable bonds is 3. The van der Waals surface area contributed by atoms with Crippen molar-refractivity contribution in [1.82, 2.24) is 0 Å². The molecule has 0 bridgehead atoms. The molecule has 0 aliphatic heterocycles. The molecule has 0 spiro atoms. The predicted molar refractivity (Wildman–Crippen MR) is 104 cm³/mol. The Morgan fingerprint density at radius 1 is 1.22 bits per heavy atom. The van der Waals surface area contributed by atoms with Crippen LogP contribution in [0.2, 0.25) is 0 Å². The van der Waals surface area contributed by atoms with E-state index in [0.29, 0.717) is 30.1 Å². The number of carboxylic acids is 1. The van der Waals surface area contributed by atoms with Crippen LogP contribution in [0.1, 0.15) is 72.1 Å². The Hall–Kier alpha value is -0.870. The molecule has 3 N–H and O–H groups in total. The van der Waals surface area contributed by atoms with Gasteiger partial charge in [-0.1, -0.05) is 32.4 Å². The van der Waals surface area contributed by atoms with Gasteiger partial charge in [0.25, 0.3) is 0 Å². The first-order valence-corrected chi connectivity index (χ1v) is 10.9. The molecule has 0 amide bonds. The molecular formula is C23H36O4. The average Bonchev–Trinajstić information content (AvgIpc) is 2.93. The van der Waals surface area contributed by atoms with E-state index in [4.69, 9.17) is 0 Å². The Bertz CT molecular complexity index is 642. The zero-order chi connectivity index (χ0) is 19.6. The van der Waals surface area contributed by atoms with Crippen molar-refractivity contribution in [2.24, 2.45) is 40.4 Å². The molecule has 4 nitrogen and oxygen atoms in total. The smallest absolute Gasteiger partial charge is 0.303 e. The van der Waals surface area contributed by atoms with Crippen LogP contribution < -0.4 is 0 Å². The predicted octanol–water partition coefficient (Wildman–Crippen LogP) is 4.01. The zero-order valence-corrected chi connectivity index (χ0v) is 17.0. The lowest BCUT2D eigenvalue weighted by Gasteiger charge is -2.59. The molecule has 4 aliphatic rings. The van der Waals surface area contributed by atoms with Crippen molar-refractivity contribution in [2.75, 3.05) is 0 Å². The first-order chi connectivity index (χ1) is 12.7. The molecule has 0 saturated heterocycles. The van der Waals surface area contributed by atoms with Gasteiger partial charge in [0.1, 0.15) is 0 Å². The standard InChI is InChI=1S/C23H36O4/c1-13(10-21(26)27)17-6-7-18-16-5-4-14-11-15(24)12-20(25)23(14,3)19(16)8-9-22(17,18)2/h4,13,15-20,24-25H,5-12H2,1-3H3,(H,26,27)/t13-,15?,16-,17+,18-,19-,20?,22+,23-/m0/s1. The van der Waals surface area contributed by atoms with Gasteiger partial charge in [-0.25, -0.2) is 0 Å². The minimum Gasteiger partial charge on any atom is -0.481 e. The molecule has 27 heavy (non-hydrogen) atoms. The summed E-state index contributed by atoms with van der Waals surface area (Å²) in [4.78, 5) is 11.3. The van der Waals surface area contributed by atoms with E-state index in [1.807, 2.05) is 0 Å². The number of aliphatic carboxylic acids is 1. The highest BCUT2D eigenvalue weighted by Crippen LogP contribution is 2.67. The number of carbonyl (C=O) groups is 1. The summed E-state index contributed by atoms with van der Waals surface area (Å²) in [7, 11) is 0. The number of aliphatic hydroxyl groups excluding tert-OH is 2. The number of allylic oxidation sites excluding steroid dienone is 1. The molecule has 0 aromatic heterocycles. The summed E-state index contributed by atoms with van der Waals surface area (Å²) in [6, 6.07) is 0. The van der Waals surface area contributed by atoms with Crippen LogP contribution in [0.3, 0.4) is 0 Å². The van der Waals surface area contributed by atoms with Gasteiger partial charge < -0.3 is 15.3 Å². The highest BCUT2D eigenvalue weighted by molar-refractivity contribution is 5.67. The summed E-state index contributed by atoms with van der Waals surface area (Å²) in [5.74, 6) is 1.76. The van der Waals surface area contributed by atoms with E-state index in [0.717, 1.165) is 32.1 Å². The first kappa shape index (κ1) is 19.4. The minimum atomic E-state index is -0.676. The normalized spacial score (nSPS) is 50.2. The Kier molecular flexibility index (Phi) is 4.74. The van der Waals surface area contributed by atoms with E-state index in [-0.39, 0.29) is 23.2 Å². The van der Waals surface area contributed by atoms with Crippen LogP contribution in [-0.4, -0.2) is 33.5 Å². The Balaban J connectivity index is 1.62. The van der Waals surface area contributed by atoms with Crippen molar-refractivity contribution in [3.8, 4) is 0 Å². The number of carboxylic acid groups (broad SMARTS) is 1. The molecule has 0 heterocycles. The Morgan fingerprint density at radius 3 is 2.67 bits per heavy atom. The average molecular weight is 377 g/mol. The fraction of sp³-hybridized carbons (Fsp3) is 0.870. The monoisotopic (exact) mass is 376 g/mol. The van der Waals surface area contributed by atoms with Gasteiger partial charge in [0.2, 0.25) is 0 Å². The van der Waals surface area contributed by atoms with Gasteiger partial charge in [0.05, 0.1) is 12.2 Å². The van der Waals surface area contributed by atoms with Crippen LogP contribution in [-0.2, 0) is 4.79 Å². The van der Waals surface area contributed by atoms with Crippen molar-refractivity contribution in [3.63, 3.8) is 0 Å². The van der Waals surface area contributed by atoms with Crippen molar-refractivity contribution in [3.05, 3.63) is 11.6 Å². The van der Waals surface area contributed by atoms with E-state index >= 15 is 0 Å². The third-order valence-corrected chi connectivity index (χ3v) is 9.44. The lowest BCUT2D eigenvalue weighted by Crippen LogP contribution is -2.55. The Labute approximate surface area is 163 Å². The lowest BCUT2D eigenvalue weighted by molar-refractivity contribution is -0.139. The minimum absolute atomic E-state index is 0.186. The fourth-order valence-corrected chi connectivity index (χ4v) is 8.09. The molecule has 0 radical (unpaired) electrons. The van der Waals surface area contributed by atoms with Crippen molar-refractivity contribution in [1.29, 1.82) is 0 Å². The van der Waals surface area contributed by atoms with Crippen LogP contribution in [0.4, 0.5) is 0 Å². The molecule has 9 atom stereocenters. The van der Waals surface area contributed by atoms with Gasteiger partial charge in [0, 0.05) is 18.3 Å². The van der Waals surface area contributed by atoms with Gasteiger partial charge >= 0.3 is 5.97 Å². The van der Waals surface area contributed by atoms with Gasteiger partial charge in [-0.05, 0) is 73.5 Å². The SMILES string of the molecule is C[C@@H](CC(=O)O)[C@H]1CC[C@H]2[C@@H]3CC=C4CC(O)CC(O)[C@]4(C)[C@H]3CC[C@]12C. The molecule has 3 fully saturated rings. The fourth-order valence-electron chi connectivity index (χ4n) is 8.09. The maximum atomic E-state index is 11.3. The lowest BCUT2D eigenvalue weighted by atomic mass is 9.46. The maximum Gasteiger partial charge on any atom is 0.303 e. The number of hydrogen-bond acceptors (Lipinski definition) is 3. The van der Waals surface area contributed by atoms with Crippen LogP contribution >= 0.6 is 0 Å². The second kappa shape index (κ2) is 6.59. The van der Waals surface area contributed by atoms with E-state index in [1.54, 1.807) is 0 Å². The number of fused-ring (bicyclic) bond motifs is 5. The van der Waals surface area contributed by atoms with Crippen molar-refractivity contribution in [2.45, 2.75) is 84.3 Å². The van der Waals surface area contributed by atoms with Crippen LogP contribution in [0.15, 0.2) is 11.6 Å². The molecule has 4 rings (SSSR count). The summed E-state index contributed by atoms with van der Waals surface area (Å²) >= 11 is 0. The summed E-state index contributed by atoms with van der Waals surface area (Å²) in [5, 5.41) is 30.4. The summed E-state index contributed by atoms with van der Waals surface area (Å²) < 4.78 is 0.